The molecule has 0 unspecified atom stereocenters. The zero-order valence-electron chi connectivity index (χ0n) is 14.9. The van der Waals surface area contributed by atoms with Crippen molar-refractivity contribution in [3.63, 3.8) is 0 Å². The van der Waals surface area contributed by atoms with E-state index in [4.69, 9.17) is 9.47 Å². The number of ether oxygens (including phenoxy) is 2. The van der Waals surface area contributed by atoms with Crippen molar-refractivity contribution < 1.29 is 9.47 Å². The van der Waals surface area contributed by atoms with E-state index in [0.29, 0.717) is 26.3 Å². The fraction of sp³-hybridized carbons (Fsp3) is 0.368. The zero-order valence-corrected chi connectivity index (χ0v) is 14.9. The molecule has 0 amide bonds. The normalized spacial score (nSPS) is 11.2. The summed E-state index contributed by atoms with van der Waals surface area (Å²) in [7, 11) is 3.45. The van der Waals surface area contributed by atoms with Gasteiger partial charge in [0.25, 0.3) is 0 Å². The van der Waals surface area contributed by atoms with E-state index >= 15 is 0 Å². The van der Waals surface area contributed by atoms with Gasteiger partial charge in [-0.3, -0.25) is 9.98 Å². The van der Waals surface area contributed by atoms with Crippen LogP contribution < -0.4 is 15.4 Å². The van der Waals surface area contributed by atoms with E-state index in [1.54, 1.807) is 20.4 Å². The minimum atomic E-state index is 0.628. The lowest BCUT2D eigenvalue weighted by Gasteiger charge is -2.12. The highest BCUT2D eigenvalue weighted by Gasteiger charge is 2.01. The largest absolute Gasteiger partial charge is 0.493 e. The van der Waals surface area contributed by atoms with E-state index in [0.717, 1.165) is 29.4 Å². The van der Waals surface area contributed by atoms with Crippen LogP contribution in [0, 0.1) is 0 Å². The molecule has 25 heavy (non-hydrogen) atoms. The minimum Gasteiger partial charge on any atom is -0.493 e. The van der Waals surface area contributed by atoms with Crippen molar-refractivity contribution in [2.75, 3.05) is 27.4 Å². The Morgan fingerprint density at radius 2 is 1.96 bits per heavy atom. The Labute approximate surface area is 149 Å². The van der Waals surface area contributed by atoms with Crippen LogP contribution in [-0.4, -0.2) is 38.3 Å². The summed E-state index contributed by atoms with van der Waals surface area (Å²) in [5.41, 5.74) is 2.10. The molecule has 0 aliphatic heterocycles. The van der Waals surface area contributed by atoms with Gasteiger partial charge in [-0.15, -0.1) is 0 Å². The second-order valence-electron chi connectivity index (χ2n) is 5.44. The van der Waals surface area contributed by atoms with E-state index in [-0.39, 0.29) is 0 Å². The van der Waals surface area contributed by atoms with Gasteiger partial charge in [0.1, 0.15) is 5.75 Å². The number of benzene rings is 1. The molecule has 0 fully saturated rings. The first-order valence-electron chi connectivity index (χ1n) is 8.37. The number of aromatic nitrogens is 1. The average Bonchev–Trinajstić information content (AvgIpc) is 2.66. The van der Waals surface area contributed by atoms with Gasteiger partial charge in [0.2, 0.25) is 0 Å². The second kappa shape index (κ2) is 11.0. The number of pyridine rings is 1. The molecule has 0 bridgehead atoms. The molecule has 0 saturated carbocycles. The van der Waals surface area contributed by atoms with E-state index in [9.17, 15) is 0 Å². The molecule has 0 atom stereocenters. The maximum Gasteiger partial charge on any atom is 0.191 e. The van der Waals surface area contributed by atoms with Crippen LogP contribution in [0.1, 0.15) is 17.7 Å². The number of nitrogens with one attached hydrogen (secondary N) is 2. The molecule has 2 rings (SSSR count). The van der Waals surface area contributed by atoms with E-state index < -0.39 is 0 Å². The molecule has 2 N–H and O–H groups in total. The lowest BCUT2D eigenvalue weighted by Crippen LogP contribution is -2.36. The Balaban J connectivity index is 1.78. The number of hydrogen-bond donors (Lipinski definition) is 2. The topological polar surface area (TPSA) is 67.8 Å². The fourth-order valence-electron chi connectivity index (χ4n) is 2.22. The van der Waals surface area contributed by atoms with Crippen molar-refractivity contribution in [2.24, 2.45) is 4.99 Å². The summed E-state index contributed by atoms with van der Waals surface area (Å²) in [6.45, 7) is 2.65. The SMILES string of the molecule is CN=C(NCc1cccc(OCCCOC)c1)NCc1ccccn1. The lowest BCUT2D eigenvalue weighted by atomic mass is 10.2. The summed E-state index contributed by atoms with van der Waals surface area (Å²) in [5.74, 6) is 1.60. The maximum atomic E-state index is 5.73. The standard InChI is InChI=1S/C19H26N4O2/c1-20-19(23-15-17-8-3-4-10-21-17)22-14-16-7-5-9-18(13-16)25-12-6-11-24-2/h3-5,7-10,13H,6,11-12,14-15H2,1-2H3,(H2,20,22,23). The molecule has 6 heteroatoms. The quantitative estimate of drug-likeness (QED) is 0.416. The van der Waals surface area contributed by atoms with E-state index in [2.05, 4.69) is 26.7 Å². The van der Waals surface area contributed by atoms with Gasteiger partial charge < -0.3 is 20.1 Å². The van der Waals surface area contributed by atoms with Gasteiger partial charge in [-0.1, -0.05) is 18.2 Å². The predicted molar refractivity (Wildman–Crippen MR) is 99.7 cm³/mol. The molecule has 1 heterocycles. The second-order valence-corrected chi connectivity index (χ2v) is 5.44. The van der Waals surface area contributed by atoms with Crippen LogP contribution in [0.3, 0.4) is 0 Å². The molecule has 1 aromatic heterocycles. The first-order chi connectivity index (χ1) is 12.3. The lowest BCUT2D eigenvalue weighted by molar-refractivity contribution is 0.172. The molecule has 2 aromatic rings. The molecule has 6 nitrogen and oxygen atoms in total. The Morgan fingerprint density at radius 3 is 2.72 bits per heavy atom. The predicted octanol–water partition coefficient (Wildman–Crippen LogP) is 2.36. The summed E-state index contributed by atoms with van der Waals surface area (Å²) in [5, 5.41) is 6.55. The van der Waals surface area contributed by atoms with Crippen LogP contribution in [0.25, 0.3) is 0 Å². The molecule has 0 aliphatic rings. The number of hydrogen-bond acceptors (Lipinski definition) is 4. The third kappa shape index (κ3) is 7.22. The van der Waals surface area contributed by atoms with E-state index in [1.165, 1.54) is 0 Å². The zero-order chi connectivity index (χ0) is 17.7. The fourth-order valence-corrected chi connectivity index (χ4v) is 2.22. The molecule has 0 aliphatic carbocycles. The summed E-state index contributed by atoms with van der Waals surface area (Å²) in [4.78, 5) is 8.52. The number of guanidine groups is 1. The van der Waals surface area contributed by atoms with Crippen molar-refractivity contribution >= 4 is 5.96 Å². The Morgan fingerprint density at radius 1 is 1.08 bits per heavy atom. The monoisotopic (exact) mass is 342 g/mol. The highest BCUT2D eigenvalue weighted by Crippen LogP contribution is 2.13. The summed E-state index contributed by atoms with van der Waals surface area (Å²) in [6.07, 6.45) is 2.66. The van der Waals surface area contributed by atoms with Gasteiger partial charge >= 0.3 is 0 Å². The van der Waals surface area contributed by atoms with Crippen molar-refractivity contribution in [3.05, 3.63) is 59.9 Å². The van der Waals surface area contributed by atoms with Crippen molar-refractivity contribution in [3.8, 4) is 5.75 Å². The number of methoxy groups -OCH3 is 1. The molecule has 0 radical (unpaired) electrons. The first kappa shape index (κ1) is 18.7. The third-order valence-corrected chi connectivity index (χ3v) is 3.51. The summed E-state index contributed by atoms with van der Waals surface area (Å²) >= 11 is 0. The van der Waals surface area contributed by atoms with Gasteiger partial charge in [0, 0.05) is 39.9 Å². The molecule has 0 spiro atoms. The van der Waals surface area contributed by atoms with Crippen molar-refractivity contribution in [1.82, 2.24) is 15.6 Å². The Hall–Kier alpha value is -2.60. The van der Waals surface area contributed by atoms with Crippen molar-refractivity contribution in [2.45, 2.75) is 19.5 Å². The molecular formula is C19H26N4O2. The van der Waals surface area contributed by atoms with Crippen LogP contribution in [0.5, 0.6) is 5.75 Å². The Bertz CT molecular complexity index is 647. The maximum absolute atomic E-state index is 5.73. The van der Waals surface area contributed by atoms with Gasteiger partial charge in [-0.05, 0) is 29.8 Å². The van der Waals surface area contributed by atoms with Crippen molar-refractivity contribution in [1.29, 1.82) is 0 Å². The van der Waals surface area contributed by atoms with Crippen LogP contribution >= 0.6 is 0 Å². The van der Waals surface area contributed by atoms with Gasteiger partial charge in [-0.25, -0.2) is 0 Å². The van der Waals surface area contributed by atoms with Crippen LogP contribution in [0.2, 0.25) is 0 Å². The van der Waals surface area contributed by atoms with Crippen LogP contribution in [0.4, 0.5) is 0 Å². The summed E-state index contributed by atoms with van der Waals surface area (Å²) < 4.78 is 10.7. The van der Waals surface area contributed by atoms with Gasteiger partial charge in [-0.2, -0.15) is 0 Å². The van der Waals surface area contributed by atoms with Crippen LogP contribution in [-0.2, 0) is 17.8 Å². The molecule has 134 valence electrons. The average molecular weight is 342 g/mol. The molecule has 1 aromatic carbocycles. The van der Waals surface area contributed by atoms with Crippen LogP contribution in [0.15, 0.2) is 53.7 Å². The van der Waals surface area contributed by atoms with Gasteiger partial charge in [0.15, 0.2) is 5.96 Å². The number of nitrogens with zero attached hydrogens (tertiary/aromatic N) is 2. The number of rotatable bonds is 9. The highest BCUT2D eigenvalue weighted by atomic mass is 16.5. The minimum absolute atomic E-state index is 0.628. The smallest absolute Gasteiger partial charge is 0.191 e. The Kier molecular flexibility index (Phi) is 8.27. The first-order valence-corrected chi connectivity index (χ1v) is 8.37. The molecule has 0 saturated heterocycles. The summed E-state index contributed by atoms with van der Waals surface area (Å²) in [6, 6.07) is 13.9. The van der Waals surface area contributed by atoms with Gasteiger partial charge in [0.05, 0.1) is 18.8 Å². The van der Waals surface area contributed by atoms with E-state index in [1.807, 2.05) is 36.4 Å². The number of aliphatic imine (C=N–C) groups is 1. The highest BCUT2D eigenvalue weighted by molar-refractivity contribution is 5.79. The third-order valence-electron chi connectivity index (χ3n) is 3.51. The molecular weight excluding hydrogens is 316 g/mol.